The number of nitrogens with zero attached hydrogens (tertiary/aromatic N) is 2. The Bertz CT molecular complexity index is 498. The van der Waals surface area contributed by atoms with Gasteiger partial charge in [0, 0.05) is 18.7 Å². The fourth-order valence-corrected chi connectivity index (χ4v) is 2.24. The molecule has 0 aliphatic heterocycles. The Kier molecular flexibility index (Phi) is 4.22. The van der Waals surface area contributed by atoms with Crippen LogP contribution in [0.3, 0.4) is 0 Å². The molecule has 1 aromatic carbocycles. The lowest BCUT2D eigenvalue weighted by molar-refractivity contribution is 0.414. The lowest BCUT2D eigenvalue weighted by Gasteiger charge is -2.10. The van der Waals surface area contributed by atoms with E-state index >= 15 is 0 Å². The van der Waals surface area contributed by atoms with Gasteiger partial charge in [-0.2, -0.15) is 0 Å². The molecule has 6 heteroatoms. The number of aromatic nitrogens is 2. The second-order valence-electron chi connectivity index (χ2n) is 3.78. The molecule has 2 aromatic rings. The predicted molar refractivity (Wildman–Crippen MR) is 69.7 cm³/mol. The standard InChI is InChI=1S/C12H15N3O2S/c1-8-14-15-12(17-8)18-7-11(13)9-3-5-10(16-2)6-4-9/h3-6,11H,7,13H2,1-2H3. The van der Waals surface area contributed by atoms with Crippen LogP contribution in [0, 0.1) is 6.92 Å². The van der Waals surface area contributed by atoms with Crippen LogP contribution in [0.25, 0.3) is 0 Å². The number of thioether (sulfide) groups is 1. The lowest BCUT2D eigenvalue weighted by Crippen LogP contribution is -2.12. The van der Waals surface area contributed by atoms with Crippen molar-refractivity contribution < 1.29 is 9.15 Å². The van der Waals surface area contributed by atoms with Gasteiger partial charge in [0.15, 0.2) is 0 Å². The molecule has 0 saturated heterocycles. The summed E-state index contributed by atoms with van der Waals surface area (Å²) in [6.07, 6.45) is 0. The number of rotatable bonds is 5. The smallest absolute Gasteiger partial charge is 0.276 e. The van der Waals surface area contributed by atoms with Gasteiger partial charge in [-0.25, -0.2) is 0 Å². The van der Waals surface area contributed by atoms with Crippen molar-refractivity contribution in [2.45, 2.75) is 18.2 Å². The lowest BCUT2D eigenvalue weighted by atomic mass is 10.1. The second-order valence-corrected chi connectivity index (χ2v) is 4.75. The third kappa shape index (κ3) is 3.24. The maximum absolute atomic E-state index is 6.09. The summed E-state index contributed by atoms with van der Waals surface area (Å²) in [5.41, 5.74) is 7.14. The number of hydrogen-bond donors (Lipinski definition) is 1. The molecule has 0 radical (unpaired) electrons. The topological polar surface area (TPSA) is 74.2 Å². The fourth-order valence-electron chi connectivity index (χ4n) is 1.45. The zero-order valence-electron chi connectivity index (χ0n) is 10.3. The summed E-state index contributed by atoms with van der Waals surface area (Å²) in [6.45, 7) is 1.76. The van der Waals surface area contributed by atoms with Gasteiger partial charge in [0.05, 0.1) is 7.11 Å². The van der Waals surface area contributed by atoms with Crippen molar-refractivity contribution in [3.05, 3.63) is 35.7 Å². The first-order chi connectivity index (χ1) is 8.69. The number of benzene rings is 1. The molecule has 0 spiro atoms. The van der Waals surface area contributed by atoms with Crippen molar-refractivity contribution in [1.29, 1.82) is 0 Å². The van der Waals surface area contributed by atoms with Gasteiger partial charge < -0.3 is 14.9 Å². The summed E-state index contributed by atoms with van der Waals surface area (Å²) in [5, 5.41) is 8.23. The van der Waals surface area contributed by atoms with Crippen LogP contribution in [0.1, 0.15) is 17.5 Å². The van der Waals surface area contributed by atoms with E-state index < -0.39 is 0 Å². The van der Waals surface area contributed by atoms with Crippen molar-refractivity contribution in [1.82, 2.24) is 10.2 Å². The number of aryl methyl sites for hydroxylation is 1. The van der Waals surface area contributed by atoms with E-state index in [1.165, 1.54) is 11.8 Å². The molecule has 96 valence electrons. The van der Waals surface area contributed by atoms with Crippen molar-refractivity contribution >= 4 is 11.8 Å². The van der Waals surface area contributed by atoms with Gasteiger partial charge in [-0.05, 0) is 17.7 Å². The van der Waals surface area contributed by atoms with Crippen molar-refractivity contribution in [2.75, 3.05) is 12.9 Å². The highest BCUT2D eigenvalue weighted by Gasteiger charge is 2.10. The molecular weight excluding hydrogens is 250 g/mol. The second kappa shape index (κ2) is 5.88. The Morgan fingerprint density at radius 3 is 2.61 bits per heavy atom. The summed E-state index contributed by atoms with van der Waals surface area (Å²) in [4.78, 5) is 0. The largest absolute Gasteiger partial charge is 0.497 e. The highest BCUT2D eigenvalue weighted by Crippen LogP contribution is 2.23. The Labute approximate surface area is 110 Å². The van der Waals surface area contributed by atoms with Crippen LogP contribution in [-0.2, 0) is 0 Å². The Balaban J connectivity index is 1.92. The van der Waals surface area contributed by atoms with Crippen LogP contribution in [0.15, 0.2) is 33.9 Å². The third-order valence-electron chi connectivity index (χ3n) is 2.44. The minimum absolute atomic E-state index is 0.0758. The maximum atomic E-state index is 6.09. The van der Waals surface area contributed by atoms with Gasteiger partial charge in [-0.1, -0.05) is 23.9 Å². The average molecular weight is 265 g/mol. The molecule has 1 heterocycles. The van der Waals surface area contributed by atoms with E-state index in [1.54, 1.807) is 14.0 Å². The third-order valence-corrected chi connectivity index (χ3v) is 3.38. The molecule has 1 atom stereocenters. The monoisotopic (exact) mass is 265 g/mol. The van der Waals surface area contributed by atoms with E-state index in [2.05, 4.69) is 10.2 Å². The summed E-state index contributed by atoms with van der Waals surface area (Å²) in [5.74, 6) is 2.08. The molecule has 5 nitrogen and oxygen atoms in total. The molecule has 2 rings (SSSR count). The first kappa shape index (κ1) is 12.9. The molecular formula is C12H15N3O2S. The zero-order valence-corrected chi connectivity index (χ0v) is 11.1. The number of nitrogens with two attached hydrogens (primary N) is 1. The molecule has 2 N–H and O–H groups in total. The summed E-state index contributed by atoms with van der Waals surface area (Å²) in [6, 6.07) is 7.65. The average Bonchev–Trinajstić information content (AvgIpc) is 2.82. The van der Waals surface area contributed by atoms with Gasteiger partial charge in [0.1, 0.15) is 5.75 Å². The van der Waals surface area contributed by atoms with E-state index in [9.17, 15) is 0 Å². The van der Waals surface area contributed by atoms with Gasteiger partial charge in [-0.15, -0.1) is 10.2 Å². The highest BCUT2D eigenvalue weighted by atomic mass is 32.2. The van der Waals surface area contributed by atoms with E-state index in [4.69, 9.17) is 14.9 Å². The minimum Gasteiger partial charge on any atom is -0.497 e. The normalized spacial score (nSPS) is 12.4. The summed E-state index contributed by atoms with van der Waals surface area (Å²) >= 11 is 1.46. The van der Waals surface area contributed by atoms with E-state index in [-0.39, 0.29) is 6.04 Å². The van der Waals surface area contributed by atoms with E-state index in [0.29, 0.717) is 16.9 Å². The van der Waals surface area contributed by atoms with Gasteiger partial charge in [0.2, 0.25) is 5.89 Å². The zero-order chi connectivity index (χ0) is 13.0. The first-order valence-corrected chi connectivity index (χ1v) is 6.50. The Morgan fingerprint density at radius 1 is 1.33 bits per heavy atom. The van der Waals surface area contributed by atoms with Crippen LogP contribution in [0.4, 0.5) is 0 Å². The molecule has 0 aliphatic carbocycles. The van der Waals surface area contributed by atoms with Crippen LogP contribution in [-0.4, -0.2) is 23.1 Å². The molecule has 18 heavy (non-hydrogen) atoms. The number of ether oxygens (including phenoxy) is 1. The molecule has 1 aromatic heterocycles. The Hall–Kier alpha value is -1.53. The molecule has 0 aliphatic rings. The van der Waals surface area contributed by atoms with E-state index in [0.717, 1.165) is 11.3 Å². The number of methoxy groups -OCH3 is 1. The fraction of sp³-hybridized carbons (Fsp3) is 0.333. The first-order valence-electron chi connectivity index (χ1n) is 5.51. The molecule has 0 bridgehead atoms. The maximum Gasteiger partial charge on any atom is 0.276 e. The quantitative estimate of drug-likeness (QED) is 0.835. The van der Waals surface area contributed by atoms with Gasteiger partial charge in [0.25, 0.3) is 5.22 Å². The van der Waals surface area contributed by atoms with Gasteiger partial charge in [-0.3, -0.25) is 0 Å². The van der Waals surface area contributed by atoms with Crippen LogP contribution < -0.4 is 10.5 Å². The summed E-state index contributed by atoms with van der Waals surface area (Å²) < 4.78 is 10.4. The van der Waals surface area contributed by atoms with Crippen LogP contribution >= 0.6 is 11.8 Å². The summed E-state index contributed by atoms with van der Waals surface area (Å²) in [7, 11) is 1.64. The minimum atomic E-state index is -0.0758. The number of hydrogen-bond acceptors (Lipinski definition) is 6. The molecule has 0 amide bonds. The predicted octanol–water partition coefficient (Wildman–Crippen LogP) is 2.18. The molecule has 0 saturated carbocycles. The van der Waals surface area contributed by atoms with Gasteiger partial charge >= 0.3 is 0 Å². The van der Waals surface area contributed by atoms with E-state index in [1.807, 2.05) is 24.3 Å². The van der Waals surface area contributed by atoms with Crippen molar-refractivity contribution in [3.8, 4) is 5.75 Å². The molecule has 0 fully saturated rings. The SMILES string of the molecule is COc1ccc(C(N)CSc2nnc(C)o2)cc1. The van der Waals surface area contributed by atoms with Crippen LogP contribution in [0.5, 0.6) is 5.75 Å². The Morgan fingerprint density at radius 2 is 2.06 bits per heavy atom. The van der Waals surface area contributed by atoms with Crippen LogP contribution in [0.2, 0.25) is 0 Å². The highest BCUT2D eigenvalue weighted by molar-refractivity contribution is 7.99. The van der Waals surface area contributed by atoms with Crippen molar-refractivity contribution in [3.63, 3.8) is 0 Å². The molecule has 1 unspecified atom stereocenters. The van der Waals surface area contributed by atoms with Crippen molar-refractivity contribution in [2.24, 2.45) is 5.73 Å².